The molecule has 0 fully saturated rings. The normalized spacial score (nSPS) is 13.3. The molecule has 0 aliphatic rings. The third kappa shape index (κ3) is 6.52. The molecule has 2 aromatic carbocycles. The summed E-state index contributed by atoms with van der Waals surface area (Å²) < 4.78 is 5.66. The van der Waals surface area contributed by atoms with Gasteiger partial charge in [0, 0.05) is 27.2 Å². The zero-order valence-corrected chi connectivity index (χ0v) is 21.0. The van der Waals surface area contributed by atoms with Gasteiger partial charge in [-0.2, -0.15) is 5.10 Å². The standard InChI is InChI=1S/C25H28Cl2N4O3/c1-14(2)11-22(30-24(32)16(4)34-23-10-9-17(26)12-20(23)27)25(33)31-28-13-19-15(3)29-21-8-6-5-7-18(19)21/h5-10,12-14,16,22,29H,11H2,1-4H3,(H,30,32)(H,31,33)/b28-13-/t16-,22+/m1/s1. The van der Waals surface area contributed by atoms with Crippen LogP contribution in [0.25, 0.3) is 10.9 Å². The SMILES string of the molecule is Cc1[nH]c2ccccc2c1/C=N\NC(=O)[C@H](CC(C)C)NC(=O)[C@@H](C)Oc1ccc(Cl)cc1Cl. The van der Waals surface area contributed by atoms with E-state index >= 15 is 0 Å². The lowest BCUT2D eigenvalue weighted by atomic mass is 10.0. The van der Waals surface area contributed by atoms with Crippen LogP contribution in [-0.2, 0) is 9.59 Å². The number of carbonyl (C=O) groups excluding carboxylic acids is 2. The Balaban J connectivity index is 1.65. The molecule has 3 rings (SSSR count). The lowest BCUT2D eigenvalue weighted by Crippen LogP contribution is -2.49. The Hall–Kier alpha value is -3.03. The van der Waals surface area contributed by atoms with Crippen LogP contribution in [0, 0.1) is 12.8 Å². The number of hydrazone groups is 1. The molecule has 9 heteroatoms. The molecule has 0 unspecified atom stereocenters. The summed E-state index contributed by atoms with van der Waals surface area (Å²) in [7, 11) is 0. The van der Waals surface area contributed by atoms with E-state index < -0.39 is 24.0 Å². The number of hydrogen-bond acceptors (Lipinski definition) is 4. The van der Waals surface area contributed by atoms with Crippen molar-refractivity contribution in [1.29, 1.82) is 0 Å². The fraction of sp³-hybridized carbons (Fsp3) is 0.320. The number of carbonyl (C=O) groups is 2. The first-order valence-electron chi connectivity index (χ1n) is 11.0. The average molecular weight is 503 g/mol. The molecule has 0 aliphatic carbocycles. The number of ether oxygens (including phenoxy) is 1. The van der Waals surface area contributed by atoms with E-state index in [2.05, 4.69) is 20.8 Å². The van der Waals surface area contributed by atoms with Crippen molar-refractivity contribution in [3.63, 3.8) is 0 Å². The van der Waals surface area contributed by atoms with Crippen LogP contribution in [0.4, 0.5) is 0 Å². The van der Waals surface area contributed by atoms with Crippen molar-refractivity contribution in [2.45, 2.75) is 46.3 Å². The van der Waals surface area contributed by atoms with Crippen molar-refractivity contribution in [1.82, 2.24) is 15.7 Å². The number of para-hydroxylation sites is 1. The second-order valence-electron chi connectivity index (χ2n) is 8.47. The molecular weight excluding hydrogens is 475 g/mol. The molecule has 2 atom stereocenters. The minimum absolute atomic E-state index is 0.165. The van der Waals surface area contributed by atoms with E-state index in [0.29, 0.717) is 22.2 Å². The number of rotatable bonds is 9. The Morgan fingerprint density at radius 3 is 2.56 bits per heavy atom. The lowest BCUT2D eigenvalue weighted by Gasteiger charge is -2.22. The maximum atomic E-state index is 12.8. The van der Waals surface area contributed by atoms with Crippen LogP contribution < -0.4 is 15.5 Å². The van der Waals surface area contributed by atoms with E-state index in [-0.39, 0.29) is 5.92 Å². The summed E-state index contributed by atoms with van der Waals surface area (Å²) in [6.07, 6.45) is 1.17. The van der Waals surface area contributed by atoms with Crippen LogP contribution in [0.5, 0.6) is 5.75 Å². The fourth-order valence-corrected chi connectivity index (χ4v) is 3.96. The Morgan fingerprint density at radius 1 is 1.12 bits per heavy atom. The van der Waals surface area contributed by atoms with E-state index in [1.165, 1.54) is 6.07 Å². The number of benzene rings is 2. The minimum Gasteiger partial charge on any atom is -0.479 e. The smallest absolute Gasteiger partial charge is 0.262 e. The second kappa shape index (κ2) is 11.4. The highest BCUT2D eigenvalue weighted by Gasteiger charge is 2.25. The summed E-state index contributed by atoms with van der Waals surface area (Å²) in [5.41, 5.74) is 5.38. The second-order valence-corrected chi connectivity index (χ2v) is 9.31. The Bertz CT molecular complexity index is 1210. The molecule has 0 aliphatic heterocycles. The maximum Gasteiger partial charge on any atom is 0.262 e. The van der Waals surface area contributed by atoms with Crippen LogP contribution in [0.2, 0.25) is 10.0 Å². The first-order chi connectivity index (χ1) is 16.2. The Morgan fingerprint density at radius 2 is 1.85 bits per heavy atom. The monoisotopic (exact) mass is 502 g/mol. The molecule has 0 radical (unpaired) electrons. The van der Waals surface area contributed by atoms with Gasteiger partial charge in [-0.3, -0.25) is 9.59 Å². The molecule has 0 spiro atoms. The largest absolute Gasteiger partial charge is 0.479 e. The molecule has 1 heterocycles. The van der Waals surface area contributed by atoms with Crippen molar-refractivity contribution >= 4 is 52.1 Å². The number of H-pyrrole nitrogens is 1. The summed E-state index contributed by atoms with van der Waals surface area (Å²) >= 11 is 12.0. The number of halogens is 2. The van der Waals surface area contributed by atoms with Crippen molar-refractivity contribution in [3.8, 4) is 5.75 Å². The summed E-state index contributed by atoms with van der Waals surface area (Å²) in [5, 5.41) is 8.67. The van der Waals surface area contributed by atoms with Crippen LogP contribution >= 0.6 is 23.2 Å². The Labute approximate surface area is 208 Å². The molecule has 7 nitrogen and oxygen atoms in total. The van der Waals surface area contributed by atoms with Crippen LogP contribution in [0.3, 0.4) is 0 Å². The quantitative estimate of drug-likeness (QED) is 0.276. The minimum atomic E-state index is -0.876. The molecule has 1 aromatic heterocycles. The van der Waals surface area contributed by atoms with Gasteiger partial charge < -0.3 is 15.0 Å². The molecule has 0 bridgehead atoms. The van der Waals surface area contributed by atoms with Gasteiger partial charge >= 0.3 is 0 Å². The van der Waals surface area contributed by atoms with Crippen molar-refractivity contribution in [2.75, 3.05) is 0 Å². The Kier molecular flexibility index (Phi) is 8.58. The van der Waals surface area contributed by atoms with Gasteiger partial charge in [-0.15, -0.1) is 0 Å². The molecule has 0 saturated heterocycles. The summed E-state index contributed by atoms with van der Waals surface area (Å²) in [4.78, 5) is 28.9. The van der Waals surface area contributed by atoms with Gasteiger partial charge in [0.05, 0.1) is 11.2 Å². The van der Waals surface area contributed by atoms with Gasteiger partial charge in [0.1, 0.15) is 11.8 Å². The van der Waals surface area contributed by atoms with Gasteiger partial charge in [-0.05, 0) is 50.5 Å². The summed E-state index contributed by atoms with van der Waals surface area (Å²) in [6, 6.07) is 11.8. The first kappa shape index (κ1) is 25.6. The average Bonchev–Trinajstić information content (AvgIpc) is 3.09. The van der Waals surface area contributed by atoms with E-state index in [1.807, 2.05) is 45.0 Å². The van der Waals surface area contributed by atoms with E-state index in [9.17, 15) is 9.59 Å². The molecule has 3 N–H and O–H groups in total. The van der Waals surface area contributed by atoms with Gasteiger partial charge in [0.25, 0.3) is 11.8 Å². The third-order valence-corrected chi connectivity index (χ3v) is 5.75. The van der Waals surface area contributed by atoms with Crippen LogP contribution in [0.1, 0.15) is 38.4 Å². The molecule has 34 heavy (non-hydrogen) atoms. The first-order valence-corrected chi connectivity index (χ1v) is 11.7. The van der Waals surface area contributed by atoms with Gasteiger partial charge in [-0.1, -0.05) is 55.2 Å². The van der Waals surface area contributed by atoms with E-state index in [0.717, 1.165) is 22.2 Å². The predicted molar refractivity (Wildman–Crippen MR) is 137 cm³/mol. The van der Waals surface area contributed by atoms with Gasteiger partial charge in [-0.25, -0.2) is 5.43 Å². The lowest BCUT2D eigenvalue weighted by molar-refractivity contribution is -0.132. The number of nitrogens with one attached hydrogen (secondary N) is 3. The predicted octanol–water partition coefficient (Wildman–Crippen LogP) is 5.23. The van der Waals surface area contributed by atoms with E-state index in [4.69, 9.17) is 27.9 Å². The van der Waals surface area contributed by atoms with Gasteiger partial charge in [0.15, 0.2) is 6.10 Å². The zero-order valence-electron chi connectivity index (χ0n) is 19.5. The summed E-state index contributed by atoms with van der Waals surface area (Å²) in [5.74, 6) is -0.356. The molecule has 2 amide bonds. The van der Waals surface area contributed by atoms with Crippen molar-refractivity contribution in [3.05, 3.63) is 63.8 Å². The molecule has 0 saturated carbocycles. The summed E-state index contributed by atoms with van der Waals surface area (Å²) in [6.45, 7) is 7.47. The molecule has 180 valence electrons. The van der Waals surface area contributed by atoms with Crippen LogP contribution in [-0.4, -0.2) is 35.2 Å². The van der Waals surface area contributed by atoms with Crippen molar-refractivity contribution in [2.24, 2.45) is 11.0 Å². The third-order valence-electron chi connectivity index (χ3n) is 5.22. The van der Waals surface area contributed by atoms with E-state index in [1.54, 1.807) is 25.3 Å². The number of fused-ring (bicyclic) bond motifs is 1. The highest BCUT2D eigenvalue weighted by atomic mass is 35.5. The highest BCUT2D eigenvalue weighted by molar-refractivity contribution is 6.35. The van der Waals surface area contributed by atoms with Crippen LogP contribution in [0.15, 0.2) is 47.6 Å². The number of aryl methyl sites for hydroxylation is 1. The number of nitrogens with zero attached hydrogens (tertiary/aromatic N) is 1. The molecule has 3 aromatic rings. The highest BCUT2D eigenvalue weighted by Crippen LogP contribution is 2.28. The maximum absolute atomic E-state index is 12.8. The van der Waals surface area contributed by atoms with Crippen molar-refractivity contribution < 1.29 is 14.3 Å². The number of aromatic nitrogens is 1. The number of amides is 2. The number of aromatic amines is 1. The molecular formula is C25H28Cl2N4O3. The van der Waals surface area contributed by atoms with Gasteiger partial charge in [0.2, 0.25) is 0 Å². The topological polar surface area (TPSA) is 95.6 Å². The number of hydrogen-bond donors (Lipinski definition) is 3. The fourth-order valence-electron chi connectivity index (χ4n) is 3.51. The zero-order chi connectivity index (χ0) is 24.8.